The quantitative estimate of drug-likeness (QED) is 0.868. The molecule has 0 amide bonds. The SMILES string of the molecule is COc1cc(F)c(CC(C)(C)N)c(Cl)c1. The van der Waals surface area contributed by atoms with E-state index < -0.39 is 5.54 Å². The monoisotopic (exact) mass is 231 g/mol. The van der Waals surface area contributed by atoms with E-state index in [1.54, 1.807) is 6.07 Å². The fraction of sp³-hybridized carbons (Fsp3) is 0.455. The van der Waals surface area contributed by atoms with Crippen LogP contribution in [0.5, 0.6) is 5.75 Å². The lowest BCUT2D eigenvalue weighted by atomic mass is 9.96. The van der Waals surface area contributed by atoms with Crippen LogP contribution < -0.4 is 10.5 Å². The molecular formula is C11H15ClFNO. The smallest absolute Gasteiger partial charge is 0.131 e. The van der Waals surface area contributed by atoms with Crippen LogP contribution in [0.25, 0.3) is 0 Å². The summed E-state index contributed by atoms with van der Waals surface area (Å²) in [4.78, 5) is 0. The predicted octanol–water partition coefficient (Wildman–Crippen LogP) is 2.77. The summed E-state index contributed by atoms with van der Waals surface area (Å²) in [5.41, 5.74) is 5.77. The van der Waals surface area contributed by atoms with Crippen molar-refractivity contribution in [2.75, 3.05) is 7.11 Å². The summed E-state index contributed by atoms with van der Waals surface area (Å²) in [6.07, 6.45) is 0.391. The van der Waals surface area contributed by atoms with Crippen LogP contribution >= 0.6 is 11.6 Å². The lowest BCUT2D eigenvalue weighted by Crippen LogP contribution is -2.34. The maximum absolute atomic E-state index is 13.6. The van der Waals surface area contributed by atoms with E-state index in [2.05, 4.69) is 0 Å². The molecule has 0 aliphatic heterocycles. The molecule has 4 heteroatoms. The second-order valence-corrected chi connectivity index (χ2v) is 4.64. The summed E-state index contributed by atoms with van der Waals surface area (Å²) in [5.74, 6) is 0.0361. The molecule has 15 heavy (non-hydrogen) atoms. The number of rotatable bonds is 3. The molecule has 0 fully saturated rings. The lowest BCUT2D eigenvalue weighted by Gasteiger charge is -2.20. The molecule has 1 aromatic carbocycles. The maximum Gasteiger partial charge on any atom is 0.131 e. The van der Waals surface area contributed by atoms with Gasteiger partial charge in [0, 0.05) is 17.2 Å². The van der Waals surface area contributed by atoms with Crippen LogP contribution in [-0.2, 0) is 6.42 Å². The Morgan fingerprint density at radius 1 is 1.47 bits per heavy atom. The van der Waals surface area contributed by atoms with Gasteiger partial charge in [-0.15, -0.1) is 0 Å². The molecule has 0 aliphatic rings. The second kappa shape index (κ2) is 4.37. The van der Waals surface area contributed by atoms with Gasteiger partial charge >= 0.3 is 0 Å². The average molecular weight is 232 g/mol. The van der Waals surface area contributed by atoms with Crippen molar-refractivity contribution in [2.45, 2.75) is 25.8 Å². The molecule has 0 saturated carbocycles. The summed E-state index contributed by atoms with van der Waals surface area (Å²) in [6, 6.07) is 2.90. The Balaban J connectivity index is 3.09. The summed E-state index contributed by atoms with van der Waals surface area (Å²) in [7, 11) is 1.47. The van der Waals surface area contributed by atoms with Crippen LogP contribution in [0.15, 0.2) is 12.1 Å². The fourth-order valence-corrected chi connectivity index (χ4v) is 1.59. The number of ether oxygens (including phenoxy) is 1. The lowest BCUT2D eigenvalue weighted by molar-refractivity contribution is 0.409. The third-order valence-corrected chi connectivity index (χ3v) is 2.32. The van der Waals surface area contributed by atoms with Crippen molar-refractivity contribution in [2.24, 2.45) is 5.73 Å². The zero-order valence-corrected chi connectivity index (χ0v) is 9.86. The Morgan fingerprint density at radius 2 is 2.07 bits per heavy atom. The molecule has 0 aromatic heterocycles. The first-order valence-corrected chi connectivity index (χ1v) is 5.02. The molecule has 1 aromatic rings. The largest absolute Gasteiger partial charge is 0.497 e. The van der Waals surface area contributed by atoms with Gasteiger partial charge in [0.25, 0.3) is 0 Å². The highest BCUT2D eigenvalue weighted by Crippen LogP contribution is 2.28. The first-order chi connectivity index (χ1) is 6.83. The van der Waals surface area contributed by atoms with Gasteiger partial charge in [0.15, 0.2) is 0 Å². The molecule has 1 rings (SSSR count). The highest BCUT2D eigenvalue weighted by Gasteiger charge is 2.18. The number of hydrogen-bond donors (Lipinski definition) is 1. The molecule has 0 spiro atoms. The van der Waals surface area contributed by atoms with Gasteiger partial charge in [0.1, 0.15) is 11.6 Å². The number of benzene rings is 1. The number of methoxy groups -OCH3 is 1. The van der Waals surface area contributed by atoms with Crippen molar-refractivity contribution in [1.82, 2.24) is 0 Å². The number of halogens is 2. The van der Waals surface area contributed by atoms with E-state index in [4.69, 9.17) is 22.1 Å². The minimum atomic E-state index is -0.487. The summed E-state index contributed by atoms with van der Waals surface area (Å²) < 4.78 is 18.5. The Morgan fingerprint density at radius 3 is 2.47 bits per heavy atom. The topological polar surface area (TPSA) is 35.2 Å². The maximum atomic E-state index is 13.6. The molecule has 0 heterocycles. The molecular weight excluding hydrogens is 217 g/mol. The van der Waals surface area contributed by atoms with E-state index >= 15 is 0 Å². The molecule has 2 nitrogen and oxygen atoms in total. The van der Waals surface area contributed by atoms with Gasteiger partial charge < -0.3 is 10.5 Å². The Hall–Kier alpha value is -0.800. The van der Waals surface area contributed by atoms with Crippen molar-refractivity contribution in [3.05, 3.63) is 28.5 Å². The minimum Gasteiger partial charge on any atom is -0.497 e. The van der Waals surface area contributed by atoms with E-state index in [-0.39, 0.29) is 5.82 Å². The van der Waals surface area contributed by atoms with Crippen molar-refractivity contribution in [3.8, 4) is 5.75 Å². The van der Waals surface area contributed by atoms with Gasteiger partial charge in [-0.3, -0.25) is 0 Å². The fourth-order valence-electron chi connectivity index (χ4n) is 1.32. The van der Waals surface area contributed by atoms with Crippen LogP contribution in [-0.4, -0.2) is 12.6 Å². The predicted molar refractivity (Wildman–Crippen MR) is 59.9 cm³/mol. The van der Waals surface area contributed by atoms with Gasteiger partial charge in [-0.1, -0.05) is 11.6 Å². The van der Waals surface area contributed by atoms with Gasteiger partial charge in [0.05, 0.1) is 12.1 Å². The Labute approximate surface area is 94.2 Å². The van der Waals surface area contributed by atoms with E-state index in [1.165, 1.54) is 13.2 Å². The summed E-state index contributed by atoms with van der Waals surface area (Å²) in [6.45, 7) is 3.65. The Kier molecular flexibility index (Phi) is 3.58. The standard InChI is InChI=1S/C11H15ClFNO/c1-11(2,14)6-8-9(12)4-7(15-3)5-10(8)13/h4-5H,6,14H2,1-3H3. The zero-order valence-electron chi connectivity index (χ0n) is 9.10. The zero-order chi connectivity index (χ0) is 11.6. The molecule has 0 bridgehead atoms. The van der Waals surface area contributed by atoms with Crippen LogP contribution in [0.3, 0.4) is 0 Å². The molecule has 0 unspecified atom stereocenters. The van der Waals surface area contributed by atoms with Crippen LogP contribution in [0.2, 0.25) is 5.02 Å². The number of hydrogen-bond acceptors (Lipinski definition) is 2. The van der Waals surface area contributed by atoms with E-state index in [0.717, 1.165) is 0 Å². The van der Waals surface area contributed by atoms with Crippen molar-refractivity contribution in [3.63, 3.8) is 0 Å². The van der Waals surface area contributed by atoms with Gasteiger partial charge in [-0.25, -0.2) is 4.39 Å². The minimum absolute atomic E-state index is 0.352. The normalized spacial score (nSPS) is 11.6. The average Bonchev–Trinajstić information content (AvgIpc) is 2.09. The molecule has 84 valence electrons. The number of nitrogens with two attached hydrogens (primary N) is 1. The molecule has 2 N–H and O–H groups in total. The van der Waals surface area contributed by atoms with Gasteiger partial charge in [-0.05, 0) is 26.3 Å². The van der Waals surface area contributed by atoms with Crippen LogP contribution in [0.4, 0.5) is 4.39 Å². The van der Waals surface area contributed by atoms with E-state index in [0.29, 0.717) is 22.8 Å². The van der Waals surface area contributed by atoms with E-state index in [1.807, 2.05) is 13.8 Å². The van der Waals surface area contributed by atoms with Gasteiger partial charge in [-0.2, -0.15) is 0 Å². The highest BCUT2D eigenvalue weighted by molar-refractivity contribution is 6.31. The highest BCUT2D eigenvalue weighted by atomic mass is 35.5. The first-order valence-electron chi connectivity index (χ1n) is 4.64. The third kappa shape index (κ3) is 3.36. The summed E-state index contributed by atoms with van der Waals surface area (Å²) in [5, 5.41) is 0.352. The van der Waals surface area contributed by atoms with Crippen molar-refractivity contribution >= 4 is 11.6 Å². The van der Waals surface area contributed by atoms with Crippen LogP contribution in [0, 0.1) is 5.82 Å². The Bertz CT molecular complexity index is 337. The van der Waals surface area contributed by atoms with Crippen molar-refractivity contribution in [1.29, 1.82) is 0 Å². The molecule has 0 radical (unpaired) electrons. The third-order valence-electron chi connectivity index (χ3n) is 1.98. The van der Waals surface area contributed by atoms with Crippen LogP contribution in [0.1, 0.15) is 19.4 Å². The summed E-state index contributed by atoms with van der Waals surface area (Å²) >= 11 is 5.94. The second-order valence-electron chi connectivity index (χ2n) is 4.23. The first kappa shape index (κ1) is 12.3. The molecule has 0 atom stereocenters. The molecule has 0 aliphatic carbocycles. The van der Waals surface area contributed by atoms with Crippen molar-refractivity contribution < 1.29 is 9.13 Å². The van der Waals surface area contributed by atoms with E-state index in [9.17, 15) is 4.39 Å². The van der Waals surface area contributed by atoms with Gasteiger partial charge in [0.2, 0.25) is 0 Å². The molecule has 0 saturated heterocycles.